The minimum absolute atomic E-state index is 0.226. The summed E-state index contributed by atoms with van der Waals surface area (Å²) in [6, 6.07) is 12.7. The zero-order valence-corrected chi connectivity index (χ0v) is 13.0. The molecular formula is C17H13ClFN3O. The van der Waals surface area contributed by atoms with Gasteiger partial charge in [0.15, 0.2) is 0 Å². The van der Waals surface area contributed by atoms with E-state index in [4.69, 9.17) is 11.6 Å². The van der Waals surface area contributed by atoms with Crippen molar-refractivity contribution in [2.24, 2.45) is 4.99 Å². The van der Waals surface area contributed by atoms with Crippen molar-refractivity contribution in [2.75, 3.05) is 0 Å². The van der Waals surface area contributed by atoms with E-state index in [1.165, 1.54) is 23.0 Å². The molecule has 0 radical (unpaired) electrons. The van der Waals surface area contributed by atoms with Gasteiger partial charge in [-0.05, 0) is 49.4 Å². The second-order valence-corrected chi connectivity index (χ2v) is 5.44. The van der Waals surface area contributed by atoms with E-state index in [1.807, 2.05) is 0 Å². The third-order valence-corrected chi connectivity index (χ3v) is 3.59. The number of aliphatic imine (C=N–C) groups is 1. The third-order valence-electron chi connectivity index (χ3n) is 3.35. The summed E-state index contributed by atoms with van der Waals surface area (Å²) in [5.41, 5.74) is 2.11. The average Bonchev–Trinajstić information content (AvgIpc) is 2.82. The molecule has 0 amide bonds. The predicted molar refractivity (Wildman–Crippen MR) is 89.8 cm³/mol. The van der Waals surface area contributed by atoms with Crippen LogP contribution in [0.2, 0.25) is 5.02 Å². The molecule has 0 fully saturated rings. The first kappa shape index (κ1) is 15.2. The summed E-state index contributed by atoms with van der Waals surface area (Å²) < 4.78 is 14.3. The molecule has 0 aliphatic carbocycles. The fourth-order valence-electron chi connectivity index (χ4n) is 2.17. The molecule has 0 aliphatic rings. The third kappa shape index (κ3) is 3.24. The van der Waals surface area contributed by atoms with Crippen LogP contribution in [0.25, 0.3) is 5.69 Å². The predicted octanol–water partition coefficient (Wildman–Crippen LogP) is 4.02. The summed E-state index contributed by atoms with van der Waals surface area (Å²) >= 11 is 5.96. The van der Waals surface area contributed by atoms with E-state index >= 15 is 0 Å². The van der Waals surface area contributed by atoms with Gasteiger partial charge in [0.05, 0.1) is 16.9 Å². The summed E-state index contributed by atoms with van der Waals surface area (Å²) in [7, 11) is 0. The number of halogens is 2. The molecule has 0 unspecified atom stereocenters. The van der Waals surface area contributed by atoms with Crippen LogP contribution in [0.1, 0.15) is 11.3 Å². The molecule has 1 N–H and O–H groups in total. The first-order valence-electron chi connectivity index (χ1n) is 6.92. The highest BCUT2D eigenvalue weighted by molar-refractivity contribution is 6.30. The first-order valence-corrected chi connectivity index (χ1v) is 7.29. The Bertz CT molecular complexity index is 926. The lowest BCUT2D eigenvalue weighted by molar-refractivity contribution is 0.628. The normalized spacial score (nSPS) is 11.3. The van der Waals surface area contributed by atoms with Gasteiger partial charge < -0.3 is 0 Å². The maximum absolute atomic E-state index is 12.9. The van der Waals surface area contributed by atoms with E-state index in [0.29, 0.717) is 27.7 Å². The molecule has 4 nitrogen and oxygen atoms in total. The van der Waals surface area contributed by atoms with Crippen LogP contribution >= 0.6 is 11.6 Å². The number of aromatic nitrogens is 2. The van der Waals surface area contributed by atoms with Gasteiger partial charge in [-0.25, -0.2) is 9.07 Å². The summed E-state index contributed by atoms with van der Waals surface area (Å²) in [6.45, 7) is 1.79. The standard InChI is InChI=1S/C17H13ClFN3O/c1-11-16(10-20-14-7-5-13(19)6-8-14)17(23)22(21-11)15-4-2-3-12(18)9-15/h2-10,21H,1H3. The Labute approximate surface area is 136 Å². The largest absolute Gasteiger partial charge is 0.295 e. The van der Waals surface area contributed by atoms with Gasteiger partial charge in [0.2, 0.25) is 0 Å². The van der Waals surface area contributed by atoms with Crippen LogP contribution in [0.3, 0.4) is 0 Å². The maximum atomic E-state index is 12.9. The van der Waals surface area contributed by atoms with Gasteiger partial charge in [-0.1, -0.05) is 17.7 Å². The number of nitrogens with zero attached hydrogens (tertiary/aromatic N) is 2. The molecule has 0 aliphatic heterocycles. The van der Waals surface area contributed by atoms with Crippen LogP contribution in [0.15, 0.2) is 58.3 Å². The molecule has 0 atom stereocenters. The molecule has 3 rings (SSSR count). The molecule has 23 heavy (non-hydrogen) atoms. The number of aromatic amines is 1. The second kappa shape index (κ2) is 6.22. The average molecular weight is 330 g/mol. The number of hydrogen-bond donors (Lipinski definition) is 1. The minimum atomic E-state index is -0.329. The van der Waals surface area contributed by atoms with Crippen LogP contribution in [0, 0.1) is 12.7 Å². The molecule has 1 aromatic heterocycles. The Kier molecular flexibility index (Phi) is 4.12. The van der Waals surface area contributed by atoms with Crippen LogP contribution < -0.4 is 5.56 Å². The summed E-state index contributed by atoms with van der Waals surface area (Å²) in [5.74, 6) is -0.329. The molecule has 0 spiro atoms. The number of benzene rings is 2. The van der Waals surface area contributed by atoms with Gasteiger partial charge in [-0.3, -0.25) is 14.9 Å². The van der Waals surface area contributed by atoms with Crippen molar-refractivity contribution in [1.82, 2.24) is 9.78 Å². The Morgan fingerprint density at radius 2 is 1.96 bits per heavy atom. The van der Waals surface area contributed by atoms with E-state index in [1.54, 1.807) is 43.3 Å². The topological polar surface area (TPSA) is 50.1 Å². The van der Waals surface area contributed by atoms with Gasteiger partial charge >= 0.3 is 0 Å². The quantitative estimate of drug-likeness (QED) is 0.725. The van der Waals surface area contributed by atoms with Crippen LogP contribution in [-0.2, 0) is 0 Å². The monoisotopic (exact) mass is 329 g/mol. The highest BCUT2D eigenvalue weighted by atomic mass is 35.5. The maximum Gasteiger partial charge on any atom is 0.280 e. The van der Waals surface area contributed by atoms with Crippen molar-refractivity contribution < 1.29 is 4.39 Å². The second-order valence-electron chi connectivity index (χ2n) is 5.01. The van der Waals surface area contributed by atoms with Crippen molar-refractivity contribution in [3.63, 3.8) is 0 Å². The van der Waals surface area contributed by atoms with Crippen molar-refractivity contribution in [3.8, 4) is 5.69 Å². The Balaban J connectivity index is 1.98. The molecule has 1 heterocycles. The Morgan fingerprint density at radius 1 is 1.22 bits per heavy atom. The number of aryl methyl sites for hydroxylation is 1. The van der Waals surface area contributed by atoms with Crippen molar-refractivity contribution in [3.05, 3.63) is 81.0 Å². The van der Waals surface area contributed by atoms with Crippen molar-refractivity contribution in [1.29, 1.82) is 0 Å². The number of H-pyrrole nitrogens is 1. The van der Waals surface area contributed by atoms with Gasteiger partial charge in [0.25, 0.3) is 5.56 Å². The molecule has 3 aromatic rings. The fourth-order valence-corrected chi connectivity index (χ4v) is 2.36. The van der Waals surface area contributed by atoms with Gasteiger partial charge in [-0.15, -0.1) is 0 Å². The van der Waals surface area contributed by atoms with Crippen molar-refractivity contribution in [2.45, 2.75) is 6.92 Å². The molecular weight excluding hydrogens is 317 g/mol. The highest BCUT2D eigenvalue weighted by Crippen LogP contribution is 2.15. The molecule has 6 heteroatoms. The SMILES string of the molecule is Cc1[nH]n(-c2cccc(Cl)c2)c(=O)c1C=Nc1ccc(F)cc1. The smallest absolute Gasteiger partial charge is 0.280 e. The Hall–Kier alpha value is -2.66. The number of nitrogens with one attached hydrogen (secondary N) is 1. The van der Waals surface area contributed by atoms with Crippen molar-refractivity contribution >= 4 is 23.5 Å². The van der Waals surface area contributed by atoms with Crippen LogP contribution in [0.5, 0.6) is 0 Å². The lowest BCUT2D eigenvalue weighted by Crippen LogP contribution is -2.17. The molecule has 0 saturated heterocycles. The fraction of sp³-hybridized carbons (Fsp3) is 0.0588. The molecule has 0 bridgehead atoms. The Morgan fingerprint density at radius 3 is 2.65 bits per heavy atom. The number of rotatable bonds is 3. The highest BCUT2D eigenvalue weighted by Gasteiger charge is 2.10. The summed E-state index contributed by atoms with van der Waals surface area (Å²) in [6.07, 6.45) is 1.47. The molecule has 2 aromatic carbocycles. The van der Waals surface area contributed by atoms with E-state index in [9.17, 15) is 9.18 Å². The van der Waals surface area contributed by atoms with Gasteiger partial charge in [0, 0.05) is 16.9 Å². The lowest BCUT2D eigenvalue weighted by Gasteiger charge is -2.01. The number of hydrogen-bond acceptors (Lipinski definition) is 2. The minimum Gasteiger partial charge on any atom is -0.295 e. The van der Waals surface area contributed by atoms with E-state index in [0.717, 1.165) is 0 Å². The summed E-state index contributed by atoms with van der Waals surface area (Å²) in [5, 5.41) is 3.54. The van der Waals surface area contributed by atoms with E-state index < -0.39 is 0 Å². The summed E-state index contributed by atoms with van der Waals surface area (Å²) in [4.78, 5) is 16.7. The van der Waals surface area contributed by atoms with Crippen LogP contribution in [0.4, 0.5) is 10.1 Å². The zero-order chi connectivity index (χ0) is 16.4. The molecule has 0 saturated carbocycles. The molecule has 116 valence electrons. The first-order chi connectivity index (χ1) is 11.0. The van der Waals surface area contributed by atoms with E-state index in [2.05, 4.69) is 10.1 Å². The zero-order valence-electron chi connectivity index (χ0n) is 12.3. The van der Waals surface area contributed by atoms with Crippen LogP contribution in [-0.4, -0.2) is 16.0 Å². The lowest BCUT2D eigenvalue weighted by atomic mass is 10.2. The van der Waals surface area contributed by atoms with Gasteiger partial charge in [-0.2, -0.15) is 0 Å². The van der Waals surface area contributed by atoms with Gasteiger partial charge in [0.1, 0.15) is 5.82 Å². The van der Waals surface area contributed by atoms with E-state index in [-0.39, 0.29) is 11.4 Å².